The molecule has 0 saturated carbocycles. The Morgan fingerprint density at radius 1 is 1.18 bits per heavy atom. The third kappa shape index (κ3) is 5.80. The molecule has 2 aromatic carbocycles. The summed E-state index contributed by atoms with van der Waals surface area (Å²) in [6.07, 6.45) is -4.50. The van der Waals surface area contributed by atoms with Crippen LogP contribution in [0.4, 0.5) is 23.4 Å². The van der Waals surface area contributed by atoms with E-state index in [0.29, 0.717) is 27.6 Å². The van der Waals surface area contributed by atoms with Gasteiger partial charge in [-0.05, 0) is 59.1 Å². The van der Waals surface area contributed by atoms with E-state index in [1.54, 1.807) is 6.07 Å². The zero-order valence-corrected chi connectivity index (χ0v) is 23.9. The van der Waals surface area contributed by atoms with Crippen LogP contribution in [0.1, 0.15) is 59.4 Å². The number of likely N-dealkylation sites (N-methyl/N-ethyl adjacent to an activating group) is 1. The van der Waals surface area contributed by atoms with E-state index in [9.17, 15) is 18.0 Å². The lowest BCUT2D eigenvalue weighted by molar-refractivity contribution is -0.137. The van der Waals surface area contributed by atoms with Crippen LogP contribution in [0.25, 0.3) is 10.9 Å². The Morgan fingerprint density at radius 2 is 1.87 bits per heavy atom. The predicted molar refractivity (Wildman–Crippen MR) is 144 cm³/mol. The number of carbonyl (C=O) groups excluding carboxylic acids is 1. The van der Waals surface area contributed by atoms with Gasteiger partial charge in [0.05, 0.1) is 42.5 Å². The van der Waals surface area contributed by atoms with Crippen molar-refractivity contribution in [1.29, 1.82) is 0 Å². The number of benzene rings is 2. The number of hydrogen-bond acceptors (Lipinski definition) is 5. The first-order valence-electron chi connectivity index (χ1n) is 12.6. The fourth-order valence-corrected chi connectivity index (χ4v) is 5.30. The molecule has 1 aliphatic rings. The minimum atomic E-state index is -4.50. The Kier molecular flexibility index (Phi) is 7.56. The number of nitrogens with zero attached hydrogens (tertiary/aromatic N) is 2. The molecule has 1 aliphatic heterocycles. The van der Waals surface area contributed by atoms with E-state index in [-0.39, 0.29) is 36.2 Å². The Labute approximate surface area is 226 Å². The number of fused-ring (bicyclic) bond motifs is 2. The molecule has 0 radical (unpaired) electrons. The van der Waals surface area contributed by atoms with E-state index in [1.165, 1.54) is 30.1 Å². The van der Waals surface area contributed by atoms with Gasteiger partial charge in [-0.2, -0.15) is 13.2 Å². The number of ether oxygens (including phenoxy) is 1. The van der Waals surface area contributed by atoms with Gasteiger partial charge in [-0.15, -0.1) is 0 Å². The third-order valence-electron chi connectivity index (χ3n) is 7.78. The van der Waals surface area contributed by atoms with Crippen LogP contribution < -0.4 is 5.73 Å². The summed E-state index contributed by atoms with van der Waals surface area (Å²) in [5.41, 5.74) is 6.86. The number of nitrogens with two attached hydrogens (primary N) is 1. The molecule has 1 amide bonds. The van der Waals surface area contributed by atoms with Gasteiger partial charge in [0, 0.05) is 18.5 Å². The van der Waals surface area contributed by atoms with Gasteiger partial charge in [0.1, 0.15) is 11.6 Å². The molecule has 210 valence electrons. The summed E-state index contributed by atoms with van der Waals surface area (Å²) in [5.74, 6) is -1.21. The second kappa shape index (κ2) is 10.2. The molecule has 0 saturated heterocycles. The van der Waals surface area contributed by atoms with E-state index in [4.69, 9.17) is 14.9 Å². The highest BCUT2D eigenvalue weighted by Gasteiger charge is 2.37. The van der Waals surface area contributed by atoms with E-state index in [0.717, 1.165) is 12.1 Å². The van der Waals surface area contributed by atoms with Crippen LogP contribution in [-0.4, -0.2) is 37.8 Å². The summed E-state index contributed by atoms with van der Waals surface area (Å²) in [7, 11) is -0.642. The molecule has 6 nitrogen and oxygen atoms in total. The molecule has 1 unspecified atom stereocenters. The van der Waals surface area contributed by atoms with Crippen LogP contribution in [-0.2, 0) is 28.6 Å². The van der Waals surface area contributed by atoms with Crippen LogP contribution in [0.15, 0.2) is 36.4 Å². The SMILES string of the molecule is CN(C(=O)c1cc2c(CO[Si](C)(C)C(C)(C)C)cc(N)nc2cc1F)C1COCc2cc(C(F)(F)F)ccc21. The molecule has 2 heterocycles. The smallest absolute Gasteiger partial charge is 0.413 e. The molecule has 0 bridgehead atoms. The van der Waals surface area contributed by atoms with Crippen molar-refractivity contribution in [2.24, 2.45) is 0 Å². The van der Waals surface area contributed by atoms with Crippen molar-refractivity contribution in [2.45, 2.75) is 64.3 Å². The van der Waals surface area contributed by atoms with Crippen molar-refractivity contribution in [3.8, 4) is 0 Å². The lowest BCUT2D eigenvalue weighted by Crippen LogP contribution is -2.40. The second-order valence-electron chi connectivity index (χ2n) is 11.5. The predicted octanol–water partition coefficient (Wildman–Crippen LogP) is 6.84. The van der Waals surface area contributed by atoms with Crippen LogP contribution in [0.3, 0.4) is 0 Å². The number of nitrogen functional groups attached to an aromatic ring is 1. The Hall–Kier alpha value is -3.02. The number of rotatable bonds is 5. The van der Waals surface area contributed by atoms with Crippen molar-refractivity contribution in [3.63, 3.8) is 0 Å². The molecule has 0 fully saturated rings. The first-order valence-corrected chi connectivity index (χ1v) is 15.5. The summed E-state index contributed by atoms with van der Waals surface area (Å²) < 4.78 is 66.8. The first-order chi connectivity index (χ1) is 18.0. The number of pyridine rings is 1. The minimum absolute atomic E-state index is 0.00714. The molecular formula is C28H33F4N3O3Si. The number of hydrogen-bond donors (Lipinski definition) is 1. The molecule has 4 rings (SSSR count). The molecular weight excluding hydrogens is 530 g/mol. The number of halogens is 4. The van der Waals surface area contributed by atoms with Crippen LogP contribution in [0.2, 0.25) is 18.1 Å². The lowest BCUT2D eigenvalue weighted by atomic mass is 9.95. The fraction of sp³-hybridized carbons (Fsp3) is 0.429. The topological polar surface area (TPSA) is 77.7 Å². The zero-order chi connectivity index (χ0) is 28.9. The zero-order valence-electron chi connectivity index (χ0n) is 22.9. The van der Waals surface area contributed by atoms with Crippen molar-refractivity contribution in [3.05, 3.63) is 70.0 Å². The summed E-state index contributed by atoms with van der Waals surface area (Å²) in [4.78, 5) is 19.1. The van der Waals surface area contributed by atoms with Gasteiger partial charge >= 0.3 is 6.18 Å². The first kappa shape index (κ1) is 29.0. The van der Waals surface area contributed by atoms with E-state index < -0.39 is 37.8 Å². The maximum Gasteiger partial charge on any atom is 0.416 e. The summed E-state index contributed by atoms with van der Waals surface area (Å²) >= 11 is 0. The maximum atomic E-state index is 15.3. The van der Waals surface area contributed by atoms with Gasteiger partial charge in [-0.1, -0.05) is 26.8 Å². The van der Waals surface area contributed by atoms with Crippen molar-refractivity contribution in [1.82, 2.24) is 9.88 Å². The number of aromatic nitrogens is 1. The monoisotopic (exact) mass is 563 g/mol. The van der Waals surface area contributed by atoms with Crippen LogP contribution in [0, 0.1) is 5.82 Å². The molecule has 1 aromatic heterocycles. The van der Waals surface area contributed by atoms with Gasteiger partial charge in [0.25, 0.3) is 5.91 Å². The van der Waals surface area contributed by atoms with Gasteiger partial charge in [0.2, 0.25) is 0 Å². The standard InChI is InChI=1S/C28H33F4N3O3Si/c1-27(2,3)39(5,6)38-14-17-10-25(33)34-23-12-22(29)21(11-20(17)23)26(36)35(4)24-15-37-13-16-9-18(28(30,31)32)7-8-19(16)24/h7-12,24H,13-15H2,1-6H3,(H2,33,34). The van der Waals surface area contributed by atoms with Crippen LogP contribution in [0.5, 0.6) is 0 Å². The Balaban J connectivity index is 1.69. The van der Waals surface area contributed by atoms with Gasteiger partial charge in [-0.25, -0.2) is 9.37 Å². The average Bonchev–Trinajstić information content (AvgIpc) is 2.84. The number of alkyl halides is 3. The number of carbonyl (C=O) groups is 1. The normalized spacial score (nSPS) is 16.3. The largest absolute Gasteiger partial charge is 0.416 e. The van der Waals surface area contributed by atoms with Crippen molar-refractivity contribution >= 4 is 30.9 Å². The molecule has 39 heavy (non-hydrogen) atoms. The summed E-state index contributed by atoms with van der Waals surface area (Å²) in [6.45, 7) is 10.9. The van der Waals surface area contributed by atoms with Crippen molar-refractivity contribution < 1.29 is 31.5 Å². The summed E-state index contributed by atoms with van der Waals surface area (Å²) in [6, 6.07) is 6.95. The minimum Gasteiger partial charge on any atom is -0.413 e. The third-order valence-corrected chi connectivity index (χ3v) is 12.3. The molecule has 1 atom stereocenters. The van der Waals surface area contributed by atoms with Crippen molar-refractivity contribution in [2.75, 3.05) is 19.4 Å². The second-order valence-corrected chi connectivity index (χ2v) is 16.3. The highest BCUT2D eigenvalue weighted by Crippen LogP contribution is 2.38. The molecule has 0 spiro atoms. The fourth-order valence-electron chi connectivity index (χ4n) is 4.35. The maximum absolute atomic E-state index is 15.3. The Bertz CT molecular complexity index is 1420. The number of anilines is 1. The van der Waals surface area contributed by atoms with E-state index in [1.807, 2.05) is 0 Å². The highest BCUT2D eigenvalue weighted by atomic mass is 28.4. The highest BCUT2D eigenvalue weighted by molar-refractivity contribution is 6.74. The number of amides is 1. The summed E-state index contributed by atoms with van der Waals surface area (Å²) in [5, 5.41) is 0.507. The quantitative estimate of drug-likeness (QED) is 0.272. The molecule has 11 heteroatoms. The molecule has 3 aromatic rings. The average molecular weight is 564 g/mol. The molecule has 0 aliphatic carbocycles. The Morgan fingerprint density at radius 3 is 2.51 bits per heavy atom. The van der Waals surface area contributed by atoms with Gasteiger partial charge < -0.3 is 19.8 Å². The van der Waals surface area contributed by atoms with Gasteiger partial charge in [0.15, 0.2) is 8.32 Å². The van der Waals surface area contributed by atoms with Crippen LogP contribution >= 0.6 is 0 Å². The lowest BCUT2D eigenvalue weighted by Gasteiger charge is -2.36. The van der Waals surface area contributed by atoms with E-state index in [2.05, 4.69) is 38.8 Å². The molecule has 2 N–H and O–H groups in total. The van der Waals surface area contributed by atoms with Gasteiger partial charge in [-0.3, -0.25) is 4.79 Å². The van der Waals surface area contributed by atoms with E-state index >= 15 is 4.39 Å².